The van der Waals surface area contributed by atoms with Gasteiger partial charge in [-0.1, -0.05) is 0 Å². The predicted octanol–water partition coefficient (Wildman–Crippen LogP) is 1.87. The Bertz CT molecular complexity index is 577. The smallest absolute Gasteiger partial charge is 0.410 e. The Kier molecular flexibility index (Phi) is 5.85. The molecular weight excluding hydrogens is 308 g/mol. The second-order valence-electron chi connectivity index (χ2n) is 7.18. The summed E-state index contributed by atoms with van der Waals surface area (Å²) in [5.41, 5.74) is -0.562. The van der Waals surface area contributed by atoms with Crippen molar-refractivity contribution < 1.29 is 14.3 Å². The topological polar surface area (TPSA) is 76.5 Å². The minimum absolute atomic E-state index is 0.116. The summed E-state index contributed by atoms with van der Waals surface area (Å²) in [6.07, 6.45) is 6.38. The second kappa shape index (κ2) is 7.68. The van der Waals surface area contributed by atoms with Crippen LogP contribution in [0.2, 0.25) is 0 Å². The van der Waals surface area contributed by atoms with Crippen LogP contribution < -0.4 is 5.32 Å². The Morgan fingerprint density at radius 1 is 1.38 bits per heavy atom. The molecule has 1 aliphatic rings. The van der Waals surface area contributed by atoms with Crippen LogP contribution >= 0.6 is 0 Å². The van der Waals surface area contributed by atoms with E-state index in [1.165, 1.54) is 0 Å². The number of carbonyl (C=O) groups is 2. The highest BCUT2D eigenvalue weighted by atomic mass is 16.6. The maximum absolute atomic E-state index is 12.5. The van der Waals surface area contributed by atoms with Crippen LogP contribution in [0.4, 0.5) is 4.79 Å². The molecular formula is C17H28N4O3. The number of nitrogens with zero attached hydrogens (tertiary/aromatic N) is 3. The van der Waals surface area contributed by atoms with Crippen molar-refractivity contribution in [2.75, 3.05) is 13.1 Å². The normalized spacial score (nSPS) is 18.3. The average molecular weight is 336 g/mol. The van der Waals surface area contributed by atoms with Gasteiger partial charge in [-0.2, -0.15) is 0 Å². The largest absolute Gasteiger partial charge is 0.444 e. The Morgan fingerprint density at radius 2 is 2.12 bits per heavy atom. The van der Waals surface area contributed by atoms with E-state index < -0.39 is 17.7 Å². The van der Waals surface area contributed by atoms with Crippen LogP contribution in [-0.2, 0) is 23.0 Å². The summed E-state index contributed by atoms with van der Waals surface area (Å²) in [6.45, 7) is 6.55. The molecule has 1 aromatic heterocycles. The molecule has 1 N–H and O–H groups in total. The van der Waals surface area contributed by atoms with Crippen LogP contribution in [0.1, 0.15) is 45.9 Å². The molecule has 0 saturated carbocycles. The SMILES string of the molecule is Cn1ccnc1CCNC(=O)[C@@H]1CCCCN1C(=O)OC(C)(C)C. The zero-order valence-electron chi connectivity index (χ0n) is 15.0. The summed E-state index contributed by atoms with van der Waals surface area (Å²) in [5, 5.41) is 2.92. The molecule has 0 aliphatic carbocycles. The minimum atomic E-state index is -0.562. The molecule has 1 fully saturated rings. The molecule has 0 spiro atoms. The first-order valence-corrected chi connectivity index (χ1v) is 8.51. The number of hydrogen-bond acceptors (Lipinski definition) is 4. The van der Waals surface area contributed by atoms with Crippen LogP contribution in [0, 0.1) is 0 Å². The lowest BCUT2D eigenvalue weighted by molar-refractivity contribution is -0.127. The van der Waals surface area contributed by atoms with Gasteiger partial charge < -0.3 is 14.6 Å². The number of amides is 2. The number of aryl methyl sites for hydroxylation is 1. The summed E-state index contributed by atoms with van der Waals surface area (Å²) in [6, 6.07) is -0.449. The van der Waals surface area contributed by atoms with Crippen molar-refractivity contribution in [1.82, 2.24) is 19.8 Å². The first-order valence-electron chi connectivity index (χ1n) is 8.51. The number of imidazole rings is 1. The third kappa shape index (κ3) is 4.97. The van der Waals surface area contributed by atoms with E-state index in [-0.39, 0.29) is 5.91 Å². The van der Waals surface area contributed by atoms with Crippen LogP contribution in [0.5, 0.6) is 0 Å². The van der Waals surface area contributed by atoms with E-state index in [2.05, 4.69) is 10.3 Å². The van der Waals surface area contributed by atoms with E-state index in [9.17, 15) is 9.59 Å². The van der Waals surface area contributed by atoms with Crippen molar-refractivity contribution in [2.24, 2.45) is 7.05 Å². The third-order valence-electron chi connectivity index (χ3n) is 4.00. The van der Waals surface area contributed by atoms with Gasteiger partial charge in [0.15, 0.2) is 0 Å². The Hall–Kier alpha value is -2.05. The van der Waals surface area contributed by atoms with Gasteiger partial charge in [-0.25, -0.2) is 9.78 Å². The summed E-state index contributed by atoms with van der Waals surface area (Å²) in [5.74, 6) is 0.803. The van der Waals surface area contributed by atoms with Crippen molar-refractivity contribution in [1.29, 1.82) is 0 Å². The fraction of sp³-hybridized carbons (Fsp3) is 0.706. The lowest BCUT2D eigenvalue weighted by Crippen LogP contribution is -2.53. The summed E-state index contributed by atoms with van der Waals surface area (Å²) >= 11 is 0. The van der Waals surface area contributed by atoms with E-state index in [1.807, 2.05) is 38.6 Å². The number of carbonyl (C=O) groups excluding carboxylic acids is 2. The molecule has 1 atom stereocenters. The van der Waals surface area contributed by atoms with Gasteiger partial charge in [0, 0.05) is 39.0 Å². The molecule has 1 aliphatic heterocycles. The molecule has 0 unspecified atom stereocenters. The molecule has 7 heteroatoms. The monoisotopic (exact) mass is 336 g/mol. The van der Waals surface area contributed by atoms with Gasteiger partial charge in [0.1, 0.15) is 17.5 Å². The van der Waals surface area contributed by atoms with E-state index in [0.717, 1.165) is 18.7 Å². The zero-order chi connectivity index (χ0) is 17.7. The summed E-state index contributed by atoms with van der Waals surface area (Å²) in [4.78, 5) is 30.6. The van der Waals surface area contributed by atoms with Crippen molar-refractivity contribution in [3.05, 3.63) is 18.2 Å². The van der Waals surface area contributed by atoms with Gasteiger partial charge in [-0.15, -0.1) is 0 Å². The number of aromatic nitrogens is 2. The second-order valence-corrected chi connectivity index (χ2v) is 7.18. The highest BCUT2D eigenvalue weighted by Gasteiger charge is 2.34. The highest BCUT2D eigenvalue weighted by molar-refractivity contribution is 5.85. The van der Waals surface area contributed by atoms with Crippen molar-refractivity contribution >= 4 is 12.0 Å². The molecule has 0 bridgehead atoms. The van der Waals surface area contributed by atoms with Gasteiger partial charge in [0.25, 0.3) is 0 Å². The Balaban J connectivity index is 1.90. The molecule has 2 heterocycles. The average Bonchev–Trinajstić information content (AvgIpc) is 2.91. The fourth-order valence-electron chi connectivity index (χ4n) is 2.80. The first kappa shape index (κ1) is 18.3. The van der Waals surface area contributed by atoms with Crippen LogP contribution in [0.15, 0.2) is 12.4 Å². The van der Waals surface area contributed by atoms with Gasteiger partial charge in [0.2, 0.25) is 5.91 Å². The number of piperidine rings is 1. The van der Waals surface area contributed by atoms with Gasteiger partial charge in [-0.05, 0) is 40.0 Å². The number of likely N-dealkylation sites (tertiary alicyclic amines) is 1. The van der Waals surface area contributed by atoms with E-state index in [1.54, 1.807) is 11.1 Å². The number of hydrogen-bond donors (Lipinski definition) is 1. The molecule has 2 amide bonds. The molecule has 2 rings (SSSR count). The third-order valence-corrected chi connectivity index (χ3v) is 4.00. The van der Waals surface area contributed by atoms with Crippen molar-refractivity contribution in [3.63, 3.8) is 0 Å². The van der Waals surface area contributed by atoms with E-state index in [0.29, 0.717) is 25.9 Å². The molecule has 1 saturated heterocycles. The maximum Gasteiger partial charge on any atom is 0.410 e. The summed E-state index contributed by atoms with van der Waals surface area (Å²) in [7, 11) is 1.93. The molecule has 0 radical (unpaired) electrons. The lowest BCUT2D eigenvalue weighted by Gasteiger charge is -2.35. The Labute approximate surface area is 143 Å². The zero-order valence-corrected chi connectivity index (χ0v) is 15.0. The maximum atomic E-state index is 12.5. The Morgan fingerprint density at radius 3 is 2.75 bits per heavy atom. The summed E-state index contributed by atoms with van der Waals surface area (Å²) < 4.78 is 7.36. The van der Waals surface area contributed by atoms with Crippen LogP contribution in [-0.4, -0.2) is 51.2 Å². The van der Waals surface area contributed by atoms with Crippen molar-refractivity contribution in [3.8, 4) is 0 Å². The highest BCUT2D eigenvalue weighted by Crippen LogP contribution is 2.20. The first-order chi connectivity index (χ1) is 11.3. The number of nitrogens with one attached hydrogen (secondary N) is 1. The standard InChI is InChI=1S/C17H28N4O3/c1-17(2,3)24-16(23)21-11-6-5-7-13(21)15(22)19-9-8-14-18-10-12-20(14)4/h10,12-13H,5-9,11H2,1-4H3,(H,19,22)/t13-/m0/s1. The predicted molar refractivity (Wildman–Crippen MR) is 90.5 cm³/mol. The quantitative estimate of drug-likeness (QED) is 0.910. The lowest BCUT2D eigenvalue weighted by atomic mass is 10.0. The van der Waals surface area contributed by atoms with Crippen molar-refractivity contribution in [2.45, 2.75) is 58.1 Å². The fourth-order valence-corrected chi connectivity index (χ4v) is 2.80. The van der Waals surface area contributed by atoms with Gasteiger partial charge >= 0.3 is 6.09 Å². The minimum Gasteiger partial charge on any atom is -0.444 e. The van der Waals surface area contributed by atoms with Gasteiger partial charge in [0.05, 0.1) is 0 Å². The van der Waals surface area contributed by atoms with Crippen LogP contribution in [0.3, 0.4) is 0 Å². The molecule has 24 heavy (non-hydrogen) atoms. The molecule has 134 valence electrons. The molecule has 1 aromatic rings. The van der Waals surface area contributed by atoms with Crippen LogP contribution in [0.25, 0.3) is 0 Å². The number of ether oxygens (including phenoxy) is 1. The number of rotatable bonds is 4. The van der Waals surface area contributed by atoms with E-state index in [4.69, 9.17) is 4.74 Å². The van der Waals surface area contributed by atoms with Gasteiger partial charge in [-0.3, -0.25) is 9.69 Å². The molecule has 0 aromatic carbocycles. The molecule has 7 nitrogen and oxygen atoms in total. The van der Waals surface area contributed by atoms with E-state index >= 15 is 0 Å².